The van der Waals surface area contributed by atoms with Crippen molar-refractivity contribution in [3.63, 3.8) is 0 Å². The summed E-state index contributed by atoms with van der Waals surface area (Å²) < 4.78 is 6.29. The van der Waals surface area contributed by atoms with Crippen molar-refractivity contribution in [2.24, 2.45) is 5.92 Å². The zero-order valence-corrected chi connectivity index (χ0v) is 11.0. The van der Waals surface area contributed by atoms with Crippen LogP contribution in [0.4, 0.5) is 5.69 Å². The van der Waals surface area contributed by atoms with Gasteiger partial charge in [0.25, 0.3) is 0 Å². The average Bonchev–Trinajstić information content (AvgIpc) is 3.05. The van der Waals surface area contributed by atoms with Crippen molar-refractivity contribution in [1.29, 1.82) is 0 Å². The second-order valence-corrected chi connectivity index (χ2v) is 6.29. The first-order valence-corrected chi connectivity index (χ1v) is 7.12. The Labute approximate surface area is 103 Å². The van der Waals surface area contributed by atoms with Gasteiger partial charge >= 0.3 is 0 Å². The van der Waals surface area contributed by atoms with E-state index in [0.29, 0.717) is 16.3 Å². The van der Waals surface area contributed by atoms with E-state index in [2.05, 4.69) is 6.92 Å². The first-order chi connectivity index (χ1) is 7.69. The number of hydrogen-bond donors (Lipinski definition) is 1. The Kier molecular flexibility index (Phi) is 3.44. The molecule has 0 bridgehead atoms. The molecule has 1 aliphatic carbocycles. The molecule has 0 aromatic carbocycles. The summed E-state index contributed by atoms with van der Waals surface area (Å²) in [4.78, 5) is 12.7. The Hall–Kier alpha value is -0.680. The molecule has 0 aliphatic heterocycles. The Morgan fingerprint density at radius 3 is 2.81 bits per heavy atom. The van der Waals surface area contributed by atoms with Gasteiger partial charge in [0.15, 0.2) is 11.5 Å². The van der Waals surface area contributed by atoms with Crippen LogP contribution in [0.1, 0.15) is 29.4 Å². The van der Waals surface area contributed by atoms with Gasteiger partial charge in [-0.3, -0.25) is 4.79 Å². The first kappa shape index (κ1) is 11.8. The molecular weight excluding hydrogens is 242 g/mol. The minimum atomic E-state index is 0.198. The maximum absolute atomic E-state index is 12.0. The number of thiophene rings is 1. The van der Waals surface area contributed by atoms with Gasteiger partial charge in [0, 0.05) is 5.92 Å². The lowest BCUT2D eigenvalue weighted by Gasteiger charge is -2.01. The molecule has 1 aromatic rings. The highest BCUT2D eigenvalue weighted by Gasteiger charge is 2.34. The van der Waals surface area contributed by atoms with Crippen LogP contribution in [0.15, 0.2) is 4.21 Å². The number of thioether (sulfide) groups is 1. The Balaban J connectivity index is 2.34. The van der Waals surface area contributed by atoms with Gasteiger partial charge in [-0.05, 0) is 18.6 Å². The summed E-state index contributed by atoms with van der Waals surface area (Å²) in [6.45, 7) is 2.07. The molecule has 16 heavy (non-hydrogen) atoms. The predicted octanol–water partition coefficient (Wildman–Crippen LogP) is 3.04. The van der Waals surface area contributed by atoms with Crippen molar-refractivity contribution < 1.29 is 9.53 Å². The topological polar surface area (TPSA) is 52.3 Å². The number of carbonyl (C=O) groups is 1. The smallest absolute Gasteiger partial charge is 0.178 e. The summed E-state index contributed by atoms with van der Waals surface area (Å²) >= 11 is 3.15. The molecule has 1 saturated carbocycles. The van der Waals surface area contributed by atoms with E-state index < -0.39 is 0 Å². The molecule has 2 N–H and O–H groups in total. The van der Waals surface area contributed by atoms with Crippen LogP contribution in [-0.4, -0.2) is 18.6 Å². The number of anilines is 1. The SMILES string of the molecule is CCSc1sc(C(=O)C2CC2)c(N)c1OC. The summed E-state index contributed by atoms with van der Waals surface area (Å²) in [7, 11) is 1.60. The third-order valence-electron chi connectivity index (χ3n) is 2.52. The minimum Gasteiger partial charge on any atom is -0.492 e. The zero-order valence-electron chi connectivity index (χ0n) is 9.41. The normalized spacial score (nSPS) is 15.1. The van der Waals surface area contributed by atoms with Crippen LogP contribution in [-0.2, 0) is 0 Å². The van der Waals surface area contributed by atoms with Crippen molar-refractivity contribution in [1.82, 2.24) is 0 Å². The molecule has 88 valence electrons. The number of carbonyl (C=O) groups excluding carboxylic acids is 1. The van der Waals surface area contributed by atoms with E-state index in [4.69, 9.17) is 10.5 Å². The van der Waals surface area contributed by atoms with Crippen molar-refractivity contribution >= 4 is 34.6 Å². The lowest BCUT2D eigenvalue weighted by molar-refractivity contribution is 0.0972. The molecule has 0 unspecified atom stereocenters. The molecule has 1 fully saturated rings. The van der Waals surface area contributed by atoms with Gasteiger partial charge in [-0.1, -0.05) is 6.92 Å². The molecule has 0 atom stereocenters. The van der Waals surface area contributed by atoms with Gasteiger partial charge in [-0.15, -0.1) is 23.1 Å². The minimum absolute atomic E-state index is 0.198. The number of nitrogen functional groups attached to an aromatic ring is 1. The lowest BCUT2D eigenvalue weighted by Crippen LogP contribution is -2.02. The summed E-state index contributed by atoms with van der Waals surface area (Å²) in [5.41, 5.74) is 6.49. The number of ketones is 1. The Morgan fingerprint density at radius 1 is 1.62 bits per heavy atom. The fraction of sp³-hybridized carbons (Fsp3) is 0.545. The Bertz CT molecular complexity index is 410. The van der Waals surface area contributed by atoms with Crippen LogP contribution in [0.25, 0.3) is 0 Å². The molecule has 0 saturated heterocycles. The van der Waals surface area contributed by atoms with E-state index in [-0.39, 0.29) is 11.7 Å². The molecule has 1 aromatic heterocycles. The molecule has 1 aliphatic rings. The summed E-state index contributed by atoms with van der Waals surface area (Å²) in [6, 6.07) is 0. The van der Waals surface area contributed by atoms with Crippen LogP contribution in [0.2, 0.25) is 0 Å². The van der Waals surface area contributed by atoms with Gasteiger partial charge in [0.05, 0.1) is 17.7 Å². The molecule has 0 radical (unpaired) electrons. The van der Waals surface area contributed by atoms with Gasteiger partial charge in [-0.25, -0.2) is 0 Å². The summed E-state index contributed by atoms with van der Waals surface area (Å²) in [6.07, 6.45) is 2.02. The van der Waals surface area contributed by atoms with E-state index in [9.17, 15) is 4.79 Å². The van der Waals surface area contributed by atoms with Crippen molar-refractivity contribution in [2.45, 2.75) is 24.0 Å². The van der Waals surface area contributed by atoms with Gasteiger partial charge < -0.3 is 10.5 Å². The van der Waals surface area contributed by atoms with Crippen LogP contribution < -0.4 is 10.5 Å². The summed E-state index contributed by atoms with van der Waals surface area (Å²) in [5, 5.41) is 0. The largest absolute Gasteiger partial charge is 0.492 e. The Morgan fingerprint density at radius 2 is 2.31 bits per heavy atom. The number of hydrogen-bond acceptors (Lipinski definition) is 5. The fourth-order valence-corrected chi connectivity index (χ4v) is 3.91. The van der Waals surface area contributed by atoms with Gasteiger partial charge in [0.2, 0.25) is 0 Å². The molecule has 0 amide bonds. The quantitative estimate of drug-likeness (QED) is 0.650. The number of Topliss-reactive ketones (excluding diaryl/α,β-unsaturated/α-hetero) is 1. The van der Waals surface area contributed by atoms with E-state index >= 15 is 0 Å². The lowest BCUT2D eigenvalue weighted by atomic mass is 10.2. The monoisotopic (exact) mass is 257 g/mol. The second kappa shape index (κ2) is 4.67. The van der Waals surface area contributed by atoms with Gasteiger partial charge in [0.1, 0.15) is 4.21 Å². The highest BCUT2D eigenvalue weighted by atomic mass is 32.2. The van der Waals surface area contributed by atoms with Crippen molar-refractivity contribution in [3.05, 3.63) is 4.88 Å². The third kappa shape index (κ3) is 2.06. The molecular formula is C11H15NO2S2. The highest BCUT2D eigenvalue weighted by Crippen LogP contribution is 2.46. The van der Waals surface area contributed by atoms with Crippen molar-refractivity contribution in [3.8, 4) is 5.75 Å². The maximum atomic E-state index is 12.0. The predicted molar refractivity (Wildman–Crippen MR) is 68.7 cm³/mol. The summed E-state index contributed by atoms with van der Waals surface area (Å²) in [5.74, 6) is 2.04. The highest BCUT2D eigenvalue weighted by molar-refractivity contribution is 8.01. The van der Waals surface area contributed by atoms with Crippen LogP contribution in [0.3, 0.4) is 0 Å². The van der Waals surface area contributed by atoms with Crippen molar-refractivity contribution in [2.75, 3.05) is 18.6 Å². The number of methoxy groups -OCH3 is 1. The van der Waals surface area contributed by atoms with Crippen LogP contribution >= 0.6 is 23.1 Å². The first-order valence-electron chi connectivity index (χ1n) is 5.32. The molecule has 3 nitrogen and oxygen atoms in total. The standard InChI is InChI=1S/C11H15NO2S2/c1-3-15-11-9(14-2)7(12)10(16-11)8(13)6-4-5-6/h6H,3-5,12H2,1-2H3. The molecule has 2 rings (SSSR count). The molecule has 5 heteroatoms. The number of ether oxygens (including phenoxy) is 1. The van der Waals surface area contributed by atoms with E-state index in [1.807, 2.05) is 0 Å². The third-order valence-corrected chi connectivity index (χ3v) is 4.86. The van der Waals surface area contributed by atoms with Gasteiger partial charge in [-0.2, -0.15) is 0 Å². The zero-order chi connectivity index (χ0) is 11.7. The molecule has 1 heterocycles. The second-order valence-electron chi connectivity index (χ2n) is 3.74. The fourth-order valence-electron chi connectivity index (χ4n) is 1.54. The number of nitrogens with two attached hydrogens (primary N) is 1. The number of rotatable bonds is 5. The molecule has 0 spiro atoms. The maximum Gasteiger partial charge on any atom is 0.178 e. The van der Waals surface area contributed by atoms with E-state index in [1.165, 1.54) is 11.3 Å². The van der Waals surface area contributed by atoms with Crippen LogP contribution in [0.5, 0.6) is 5.75 Å². The van der Waals surface area contributed by atoms with Crippen LogP contribution in [0, 0.1) is 5.92 Å². The van der Waals surface area contributed by atoms with E-state index in [0.717, 1.165) is 22.8 Å². The van der Waals surface area contributed by atoms with E-state index in [1.54, 1.807) is 18.9 Å². The average molecular weight is 257 g/mol.